The fourth-order valence-corrected chi connectivity index (χ4v) is 1.20. The standard InChI is InChI=1S/C10H20O/c1-3-4-5-6-7-10(2)8-9-11/h9-10H,3-8H2,1-2H3/t10-/m1/s1. The van der Waals surface area contributed by atoms with Crippen LogP contribution in [0.2, 0.25) is 0 Å². The minimum absolute atomic E-state index is 0.601. The second kappa shape index (κ2) is 7.77. The second-order valence-corrected chi connectivity index (χ2v) is 3.36. The van der Waals surface area contributed by atoms with Crippen LogP contribution in [0.4, 0.5) is 0 Å². The van der Waals surface area contributed by atoms with Crippen LogP contribution in [0.1, 0.15) is 52.4 Å². The van der Waals surface area contributed by atoms with Crippen LogP contribution in [0.25, 0.3) is 0 Å². The zero-order chi connectivity index (χ0) is 8.53. The first-order valence-corrected chi connectivity index (χ1v) is 4.74. The number of aldehydes is 1. The molecule has 0 aromatic heterocycles. The van der Waals surface area contributed by atoms with E-state index in [2.05, 4.69) is 13.8 Å². The molecule has 0 aliphatic heterocycles. The molecular formula is C10H20O. The van der Waals surface area contributed by atoms with E-state index in [0.717, 1.165) is 12.7 Å². The summed E-state index contributed by atoms with van der Waals surface area (Å²) in [5, 5.41) is 0. The van der Waals surface area contributed by atoms with Gasteiger partial charge in [0.2, 0.25) is 0 Å². The first-order chi connectivity index (χ1) is 5.31. The molecule has 0 heterocycles. The third kappa shape index (κ3) is 7.57. The van der Waals surface area contributed by atoms with Crippen LogP contribution in [0.3, 0.4) is 0 Å². The molecule has 0 aromatic carbocycles. The van der Waals surface area contributed by atoms with E-state index in [1.54, 1.807) is 0 Å². The number of hydrogen-bond donors (Lipinski definition) is 0. The molecule has 0 spiro atoms. The summed E-state index contributed by atoms with van der Waals surface area (Å²) < 4.78 is 0. The van der Waals surface area contributed by atoms with E-state index in [9.17, 15) is 4.79 Å². The quantitative estimate of drug-likeness (QED) is 0.408. The van der Waals surface area contributed by atoms with Gasteiger partial charge in [0.15, 0.2) is 0 Å². The van der Waals surface area contributed by atoms with Gasteiger partial charge in [0.25, 0.3) is 0 Å². The predicted octanol–water partition coefficient (Wildman–Crippen LogP) is 3.18. The second-order valence-electron chi connectivity index (χ2n) is 3.36. The third-order valence-corrected chi connectivity index (χ3v) is 2.05. The fraction of sp³-hybridized carbons (Fsp3) is 0.900. The third-order valence-electron chi connectivity index (χ3n) is 2.05. The highest BCUT2D eigenvalue weighted by Crippen LogP contribution is 2.11. The summed E-state index contributed by atoms with van der Waals surface area (Å²) in [6, 6.07) is 0. The van der Waals surface area contributed by atoms with Gasteiger partial charge in [-0.1, -0.05) is 46.0 Å². The molecule has 0 bridgehead atoms. The van der Waals surface area contributed by atoms with Crippen molar-refractivity contribution in [2.75, 3.05) is 0 Å². The van der Waals surface area contributed by atoms with Crippen molar-refractivity contribution in [3.8, 4) is 0 Å². The molecule has 0 aromatic rings. The van der Waals surface area contributed by atoms with Crippen molar-refractivity contribution >= 4 is 6.29 Å². The highest BCUT2D eigenvalue weighted by molar-refractivity contribution is 5.49. The maximum atomic E-state index is 10.1. The van der Waals surface area contributed by atoms with Gasteiger partial charge in [-0.05, 0) is 5.92 Å². The van der Waals surface area contributed by atoms with Crippen molar-refractivity contribution < 1.29 is 4.79 Å². The molecular weight excluding hydrogens is 136 g/mol. The Morgan fingerprint density at radius 3 is 2.55 bits per heavy atom. The van der Waals surface area contributed by atoms with E-state index >= 15 is 0 Å². The highest BCUT2D eigenvalue weighted by atomic mass is 16.1. The van der Waals surface area contributed by atoms with Gasteiger partial charge < -0.3 is 4.79 Å². The number of carbonyl (C=O) groups excluding carboxylic acids is 1. The maximum Gasteiger partial charge on any atom is 0.120 e. The molecule has 11 heavy (non-hydrogen) atoms. The van der Waals surface area contributed by atoms with Crippen molar-refractivity contribution in [2.24, 2.45) is 5.92 Å². The molecule has 0 fully saturated rings. The SMILES string of the molecule is CCCCCC[C@@H](C)CC=O. The van der Waals surface area contributed by atoms with Gasteiger partial charge in [-0.25, -0.2) is 0 Å². The lowest BCUT2D eigenvalue weighted by atomic mass is 10.0. The maximum absolute atomic E-state index is 10.1. The Balaban J connectivity index is 3.03. The first-order valence-electron chi connectivity index (χ1n) is 4.74. The van der Waals surface area contributed by atoms with E-state index in [1.165, 1.54) is 32.1 Å². The number of carbonyl (C=O) groups is 1. The molecule has 0 saturated heterocycles. The molecule has 0 saturated carbocycles. The highest BCUT2D eigenvalue weighted by Gasteiger charge is 1.99. The molecule has 1 nitrogen and oxygen atoms in total. The Kier molecular flexibility index (Phi) is 7.54. The molecule has 1 heteroatoms. The lowest BCUT2D eigenvalue weighted by Gasteiger charge is -2.05. The van der Waals surface area contributed by atoms with Crippen LogP contribution in [0, 0.1) is 5.92 Å². The van der Waals surface area contributed by atoms with Crippen LogP contribution in [0.15, 0.2) is 0 Å². The summed E-state index contributed by atoms with van der Waals surface area (Å²) in [7, 11) is 0. The molecule has 0 aliphatic rings. The number of hydrogen-bond acceptors (Lipinski definition) is 1. The Morgan fingerprint density at radius 2 is 2.00 bits per heavy atom. The topological polar surface area (TPSA) is 17.1 Å². The summed E-state index contributed by atoms with van der Waals surface area (Å²) >= 11 is 0. The summed E-state index contributed by atoms with van der Waals surface area (Å²) in [4.78, 5) is 10.1. The fourth-order valence-electron chi connectivity index (χ4n) is 1.20. The number of rotatable bonds is 7. The Bertz CT molecular complexity index is 88.9. The van der Waals surface area contributed by atoms with E-state index in [0.29, 0.717) is 5.92 Å². The van der Waals surface area contributed by atoms with E-state index in [-0.39, 0.29) is 0 Å². The molecule has 0 aliphatic carbocycles. The van der Waals surface area contributed by atoms with Crippen LogP contribution < -0.4 is 0 Å². The molecule has 0 rings (SSSR count). The molecule has 1 atom stereocenters. The minimum atomic E-state index is 0.601. The molecule has 0 N–H and O–H groups in total. The van der Waals surface area contributed by atoms with Crippen molar-refractivity contribution in [2.45, 2.75) is 52.4 Å². The van der Waals surface area contributed by atoms with Crippen molar-refractivity contribution in [3.05, 3.63) is 0 Å². The van der Waals surface area contributed by atoms with E-state index < -0.39 is 0 Å². The van der Waals surface area contributed by atoms with Gasteiger partial charge >= 0.3 is 0 Å². The van der Waals surface area contributed by atoms with Gasteiger partial charge in [0.1, 0.15) is 6.29 Å². The Labute approximate surface area is 70.2 Å². The minimum Gasteiger partial charge on any atom is -0.303 e. The average Bonchev–Trinajstić information content (AvgIpc) is 1.99. The summed E-state index contributed by atoms with van der Waals surface area (Å²) in [6.07, 6.45) is 8.26. The average molecular weight is 156 g/mol. The van der Waals surface area contributed by atoms with Crippen LogP contribution in [-0.2, 0) is 4.79 Å². The van der Waals surface area contributed by atoms with Crippen molar-refractivity contribution in [3.63, 3.8) is 0 Å². The van der Waals surface area contributed by atoms with Gasteiger partial charge in [-0.3, -0.25) is 0 Å². The van der Waals surface area contributed by atoms with E-state index in [1.807, 2.05) is 0 Å². The zero-order valence-electron chi connectivity index (χ0n) is 7.81. The van der Waals surface area contributed by atoms with Gasteiger partial charge in [0.05, 0.1) is 0 Å². The normalized spacial score (nSPS) is 12.9. The largest absolute Gasteiger partial charge is 0.303 e. The molecule has 66 valence electrons. The van der Waals surface area contributed by atoms with Gasteiger partial charge in [-0.2, -0.15) is 0 Å². The predicted molar refractivity (Wildman–Crippen MR) is 48.6 cm³/mol. The molecule has 0 amide bonds. The summed E-state index contributed by atoms with van der Waals surface area (Å²) in [5.41, 5.74) is 0. The van der Waals surface area contributed by atoms with Gasteiger partial charge in [0, 0.05) is 6.42 Å². The Hall–Kier alpha value is -0.330. The van der Waals surface area contributed by atoms with Crippen molar-refractivity contribution in [1.82, 2.24) is 0 Å². The monoisotopic (exact) mass is 156 g/mol. The first kappa shape index (κ1) is 10.7. The van der Waals surface area contributed by atoms with Crippen LogP contribution in [0.5, 0.6) is 0 Å². The zero-order valence-corrected chi connectivity index (χ0v) is 7.81. The van der Waals surface area contributed by atoms with Crippen molar-refractivity contribution in [1.29, 1.82) is 0 Å². The summed E-state index contributed by atoms with van der Waals surface area (Å²) in [6.45, 7) is 4.37. The lowest BCUT2D eigenvalue weighted by molar-refractivity contribution is -0.108. The van der Waals surface area contributed by atoms with Crippen LogP contribution >= 0.6 is 0 Å². The van der Waals surface area contributed by atoms with Crippen LogP contribution in [-0.4, -0.2) is 6.29 Å². The van der Waals surface area contributed by atoms with Gasteiger partial charge in [-0.15, -0.1) is 0 Å². The summed E-state index contributed by atoms with van der Waals surface area (Å²) in [5.74, 6) is 0.601. The van der Waals surface area contributed by atoms with E-state index in [4.69, 9.17) is 0 Å². The molecule has 0 radical (unpaired) electrons. The number of unbranched alkanes of at least 4 members (excludes halogenated alkanes) is 3. The lowest BCUT2D eigenvalue weighted by Crippen LogP contribution is -1.94. The Morgan fingerprint density at radius 1 is 1.27 bits per heavy atom. The molecule has 0 unspecified atom stereocenters. The smallest absolute Gasteiger partial charge is 0.120 e.